The van der Waals surface area contributed by atoms with Crippen molar-refractivity contribution in [3.8, 4) is 5.69 Å². The normalized spacial score (nSPS) is 11.5. The van der Waals surface area contributed by atoms with Crippen molar-refractivity contribution in [3.05, 3.63) is 71.8 Å². The second-order valence-electron chi connectivity index (χ2n) is 6.32. The van der Waals surface area contributed by atoms with E-state index < -0.39 is 0 Å². The molecule has 3 aromatic rings. The van der Waals surface area contributed by atoms with Gasteiger partial charge in [0.2, 0.25) is 0 Å². The summed E-state index contributed by atoms with van der Waals surface area (Å²) in [5.41, 5.74) is 3.53. The quantitative estimate of drug-likeness (QED) is 0.364. The van der Waals surface area contributed by atoms with E-state index >= 15 is 0 Å². The number of rotatable bonds is 7. The van der Waals surface area contributed by atoms with Gasteiger partial charge < -0.3 is 10.6 Å². The molecule has 0 radical (unpaired) electrons. The Morgan fingerprint density at radius 2 is 1.96 bits per heavy atom. The number of aliphatic imine (C=N–C) groups is 1. The molecule has 0 spiro atoms. The lowest BCUT2D eigenvalue weighted by molar-refractivity contribution is 0.755. The molecule has 7 heteroatoms. The highest BCUT2D eigenvalue weighted by Gasteiger charge is 2.08. The zero-order valence-electron chi connectivity index (χ0n) is 16.5. The summed E-state index contributed by atoms with van der Waals surface area (Å²) in [4.78, 5) is 6.01. The number of nitrogens with zero attached hydrogens (tertiary/aromatic N) is 4. The first-order valence-corrected chi connectivity index (χ1v) is 10.5. The van der Waals surface area contributed by atoms with Gasteiger partial charge in [0.1, 0.15) is 6.33 Å². The Bertz CT molecular complexity index is 920. The van der Waals surface area contributed by atoms with E-state index in [9.17, 15) is 0 Å². The first kappa shape index (κ1) is 19.9. The van der Waals surface area contributed by atoms with E-state index in [1.54, 1.807) is 18.1 Å². The third-order valence-electron chi connectivity index (χ3n) is 4.26. The highest BCUT2D eigenvalue weighted by molar-refractivity contribution is 7.98. The molecular formula is C21H26N6S. The number of aryl methyl sites for hydroxylation is 1. The Hall–Kier alpha value is -2.80. The monoisotopic (exact) mass is 394 g/mol. The SMILES string of the molecule is CCNC(=NCc1ccc(C)cc1SC)NCc1nncn1-c1ccccc1. The predicted octanol–water partition coefficient (Wildman–Crippen LogP) is 3.55. The topological polar surface area (TPSA) is 67.1 Å². The van der Waals surface area contributed by atoms with E-state index in [0.29, 0.717) is 13.1 Å². The molecule has 2 aromatic carbocycles. The van der Waals surface area contributed by atoms with Crippen LogP contribution in [-0.2, 0) is 13.1 Å². The summed E-state index contributed by atoms with van der Waals surface area (Å²) in [5.74, 6) is 1.59. The fourth-order valence-corrected chi connectivity index (χ4v) is 3.53. The van der Waals surface area contributed by atoms with Gasteiger partial charge in [-0.2, -0.15) is 0 Å². The molecule has 28 heavy (non-hydrogen) atoms. The van der Waals surface area contributed by atoms with E-state index in [1.165, 1.54) is 16.0 Å². The Morgan fingerprint density at radius 1 is 1.14 bits per heavy atom. The van der Waals surface area contributed by atoms with Crippen molar-refractivity contribution < 1.29 is 0 Å². The van der Waals surface area contributed by atoms with Gasteiger partial charge >= 0.3 is 0 Å². The van der Waals surface area contributed by atoms with Gasteiger partial charge in [-0.25, -0.2) is 4.99 Å². The van der Waals surface area contributed by atoms with E-state index in [1.807, 2.05) is 34.9 Å². The van der Waals surface area contributed by atoms with E-state index in [2.05, 4.69) is 59.1 Å². The van der Waals surface area contributed by atoms with Crippen LogP contribution in [-0.4, -0.2) is 33.5 Å². The summed E-state index contributed by atoms with van der Waals surface area (Å²) in [6.07, 6.45) is 3.83. The second kappa shape index (κ2) is 9.94. The van der Waals surface area contributed by atoms with Gasteiger partial charge in [-0.15, -0.1) is 22.0 Å². The molecule has 0 atom stereocenters. The second-order valence-corrected chi connectivity index (χ2v) is 7.16. The maximum Gasteiger partial charge on any atom is 0.191 e. The number of hydrogen-bond acceptors (Lipinski definition) is 4. The van der Waals surface area contributed by atoms with Crippen LogP contribution < -0.4 is 10.6 Å². The molecule has 0 fully saturated rings. The highest BCUT2D eigenvalue weighted by atomic mass is 32.2. The lowest BCUT2D eigenvalue weighted by Crippen LogP contribution is -2.37. The Kier molecular flexibility index (Phi) is 7.08. The molecular weight excluding hydrogens is 368 g/mol. The molecule has 146 valence electrons. The summed E-state index contributed by atoms with van der Waals surface area (Å²) < 4.78 is 1.97. The van der Waals surface area contributed by atoms with Gasteiger partial charge in [0.15, 0.2) is 11.8 Å². The van der Waals surface area contributed by atoms with Crippen LogP contribution in [0.25, 0.3) is 5.69 Å². The molecule has 1 heterocycles. The zero-order chi connectivity index (χ0) is 19.8. The minimum Gasteiger partial charge on any atom is -0.357 e. The molecule has 0 bridgehead atoms. The highest BCUT2D eigenvalue weighted by Crippen LogP contribution is 2.22. The van der Waals surface area contributed by atoms with E-state index in [4.69, 9.17) is 4.99 Å². The molecule has 0 unspecified atom stereocenters. The Morgan fingerprint density at radius 3 is 2.71 bits per heavy atom. The largest absolute Gasteiger partial charge is 0.357 e. The molecule has 2 N–H and O–H groups in total. The molecule has 0 aliphatic rings. The fourth-order valence-electron chi connectivity index (χ4n) is 2.83. The lowest BCUT2D eigenvalue weighted by Gasteiger charge is -2.13. The van der Waals surface area contributed by atoms with Crippen molar-refractivity contribution in [2.75, 3.05) is 12.8 Å². The number of aromatic nitrogens is 3. The Labute approximate surface area is 170 Å². The van der Waals surface area contributed by atoms with E-state index in [0.717, 1.165) is 24.0 Å². The van der Waals surface area contributed by atoms with Crippen molar-refractivity contribution >= 4 is 17.7 Å². The number of nitrogens with one attached hydrogen (secondary N) is 2. The number of guanidine groups is 1. The van der Waals surface area contributed by atoms with Crippen molar-refractivity contribution in [3.63, 3.8) is 0 Å². The maximum absolute atomic E-state index is 4.75. The standard InChI is InChI=1S/C21H26N6S/c1-4-22-21(23-13-17-11-10-16(2)12-19(17)28-3)24-14-20-26-25-15-27(20)18-8-6-5-7-9-18/h5-12,15H,4,13-14H2,1-3H3,(H2,22,23,24). The van der Waals surface area contributed by atoms with Crippen LogP contribution in [0.1, 0.15) is 23.9 Å². The molecule has 1 aromatic heterocycles. The number of benzene rings is 2. The number of para-hydroxylation sites is 1. The van der Waals surface area contributed by atoms with Crippen LogP contribution in [0.3, 0.4) is 0 Å². The third-order valence-corrected chi connectivity index (χ3v) is 5.08. The smallest absolute Gasteiger partial charge is 0.191 e. The van der Waals surface area contributed by atoms with Crippen molar-refractivity contribution in [2.24, 2.45) is 4.99 Å². The lowest BCUT2D eigenvalue weighted by atomic mass is 10.1. The minimum absolute atomic E-state index is 0.532. The van der Waals surface area contributed by atoms with Gasteiger partial charge in [0.25, 0.3) is 0 Å². The van der Waals surface area contributed by atoms with Crippen LogP contribution >= 0.6 is 11.8 Å². The van der Waals surface area contributed by atoms with Crippen molar-refractivity contribution in [1.29, 1.82) is 0 Å². The average Bonchev–Trinajstić information content (AvgIpc) is 3.20. The number of thioether (sulfide) groups is 1. The van der Waals surface area contributed by atoms with Crippen LogP contribution in [0.4, 0.5) is 0 Å². The van der Waals surface area contributed by atoms with Gasteiger partial charge in [0.05, 0.1) is 13.1 Å². The summed E-state index contributed by atoms with van der Waals surface area (Å²) in [6, 6.07) is 16.6. The molecule has 0 saturated heterocycles. The molecule has 0 aliphatic heterocycles. The zero-order valence-corrected chi connectivity index (χ0v) is 17.3. The van der Waals surface area contributed by atoms with Crippen LogP contribution in [0.2, 0.25) is 0 Å². The summed E-state index contributed by atoms with van der Waals surface area (Å²) >= 11 is 1.75. The molecule has 0 amide bonds. The Balaban J connectivity index is 1.71. The summed E-state index contributed by atoms with van der Waals surface area (Å²) in [6.45, 7) is 6.12. The van der Waals surface area contributed by atoms with Crippen LogP contribution in [0.15, 0.2) is 64.7 Å². The van der Waals surface area contributed by atoms with Gasteiger partial charge in [-0.05, 0) is 49.4 Å². The van der Waals surface area contributed by atoms with Crippen LogP contribution in [0.5, 0.6) is 0 Å². The molecule has 0 aliphatic carbocycles. The first-order chi connectivity index (χ1) is 13.7. The minimum atomic E-state index is 0.532. The van der Waals surface area contributed by atoms with Gasteiger partial charge in [0, 0.05) is 17.1 Å². The van der Waals surface area contributed by atoms with Crippen LogP contribution in [0, 0.1) is 6.92 Å². The van der Waals surface area contributed by atoms with Gasteiger partial charge in [-0.1, -0.05) is 30.3 Å². The molecule has 3 rings (SSSR count). The average molecular weight is 395 g/mol. The maximum atomic E-state index is 4.75. The predicted molar refractivity (Wildman–Crippen MR) is 116 cm³/mol. The van der Waals surface area contributed by atoms with Crippen molar-refractivity contribution in [2.45, 2.75) is 31.8 Å². The summed E-state index contributed by atoms with van der Waals surface area (Å²) in [7, 11) is 0. The first-order valence-electron chi connectivity index (χ1n) is 9.31. The molecule has 0 saturated carbocycles. The third kappa shape index (κ3) is 5.13. The number of hydrogen-bond donors (Lipinski definition) is 2. The van der Waals surface area contributed by atoms with Crippen molar-refractivity contribution in [1.82, 2.24) is 25.4 Å². The van der Waals surface area contributed by atoms with E-state index in [-0.39, 0.29) is 0 Å². The van der Waals surface area contributed by atoms with Gasteiger partial charge in [-0.3, -0.25) is 4.57 Å². The molecule has 6 nitrogen and oxygen atoms in total. The fraction of sp³-hybridized carbons (Fsp3) is 0.286. The summed E-state index contributed by atoms with van der Waals surface area (Å²) in [5, 5.41) is 15.0.